The molecule has 1 aromatic rings. The van der Waals surface area contributed by atoms with Crippen LogP contribution >= 0.6 is 0 Å². The number of primary amides is 1. The van der Waals surface area contributed by atoms with Crippen molar-refractivity contribution in [2.24, 2.45) is 5.73 Å². The molecule has 0 radical (unpaired) electrons. The number of carbonyl (C=O) groups excluding carboxylic acids is 1. The lowest BCUT2D eigenvalue weighted by molar-refractivity contribution is -0.137. The van der Waals surface area contributed by atoms with Crippen molar-refractivity contribution < 1.29 is 23.1 Å². The first kappa shape index (κ1) is 11.9. The van der Waals surface area contributed by atoms with Gasteiger partial charge >= 0.3 is 6.18 Å². The number of aromatic hydroxyl groups is 1. The Morgan fingerprint density at radius 3 is 2.50 bits per heavy atom. The highest BCUT2D eigenvalue weighted by molar-refractivity contribution is 5.92. The van der Waals surface area contributed by atoms with E-state index in [-0.39, 0.29) is 0 Å². The average molecular weight is 229 g/mol. The zero-order valence-electron chi connectivity index (χ0n) is 7.80. The molecule has 0 aliphatic rings. The number of carbonyl (C=O) groups is 1. The molecule has 16 heavy (non-hydrogen) atoms. The van der Waals surface area contributed by atoms with E-state index in [0.29, 0.717) is 6.07 Å². The monoisotopic (exact) mass is 229 g/mol. The lowest BCUT2D eigenvalue weighted by atomic mass is 10.1. The quantitative estimate of drug-likeness (QED) is 0.657. The number of alkyl halides is 3. The van der Waals surface area contributed by atoms with Gasteiger partial charge in [-0.1, -0.05) is 5.92 Å². The number of nitrogens with two attached hydrogens (primary N) is 1. The number of rotatable bonds is 0. The van der Waals surface area contributed by atoms with Crippen molar-refractivity contribution in [3.8, 4) is 17.6 Å². The summed E-state index contributed by atoms with van der Waals surface area (Å²) in [4.78, 5) is 10.3. The molecule has 3 N–H and O–H groups in total. The van der Waals surface area contributed by atoms with Gasteiger partial charge in [0.25, 0.3) is 5.91 Å². The minimum absolute atomic E-state index is 0.413. The zero-order chi connectivity index (χ0) is 12.3. The molecule has 0 spiro atoms. The van der Waals surface area contributed by atoms with Gasteiger partial charge in [0, 0.05) is 5.56 Å². The van der Waals surface area contributed by atoms with Crippen LogP contribution in [0.4, 0.5) is 13.2 Å². The van der Waals surface area contributed by atoms with Crippen LogP contribution in [0, 0.1) is 11.8 Å². The molecule has 0 aliphatic heterocycles. The molecule has 0 unspecified atom stereocenters. The van der Waals surface area contributed by atoms with E-state index in [1.54, 1.807) is 5.92 Å². The Labute approximate surface area is 88.7 Å². The van der Waals surface area contributed by atoms with Crippen molar-refractivity contribution in [3.05, 3.63) is 29.3 Å². The van der Waals surface area contributed by atoms with E-state index in [2.05, 4.69) is 5.73 Å². The Morgan fingerprint density at radius 2 is 2.00 bits per heavy atom. The van der Waals surface area contributed by atoms with Gasteiger partial charge in [-0.25, -0.2) is 0 Å². The lowest BCUT2D eigenvalue weighted by Gasteiger charge is -2.09. The van der Waals surface area contributed by atoms with Crippen LogP contribution in [-0.2, 0) is 11.0 Å². The molecular weight excluding hydrogens is 223 g/mol. The minimum atomic E-state index is -4.65. The molecule has 0 heterocycles. The maximum atomic E-state index is 12.5. The van der Waals surface area contributed by atoms with Crippen molar-refractivity contribution in [3.63, 3.8) is 0 Å². The van der Waals surface area contributed by atoms with Crippen molar-refractivity contribution in [1.29, 1.82) is 0 Å². The van der Waals surface area contributed by atoms with Crippen molar-refractivity contribution in [2.45, 2.75) is 6.18 Å². The van der Waals surface area contributed by atoms with Gasteiger partial charge in [0.15, 0.2) is 0 Å². The summed E-state index contributed by atoms with van der Waals surface area (Å²) in [6, 6.07) is 2.54. The standard InChI is InChI=1S/C10H6F3NO2/c11-10(12,13)8-5-7(15)3-1-6(8)2-4-9(14)16/h1,3,5,15H,(H2,14,16). The molecule has 1 amide bonds. The second kappa shape index (κ2) is 4.14. The normalized spacial score (nSPS) is 10.4. The number of amides is 1. The van der Waals surface area contributed by atoms with Gasteiger partial charge in [0.2, 0.25) is 0 Å². The summed E-state index contributed by atoms with van der Waals surface area (Å²) in [5.74, 6) is 2.23. The molecular formula is C10H6F3NO2. The molecule has 0 atom stereocenters. The van der Waals surface area contributed by atoms with E-state index in [1.165, 1.54) is 0 Å². The lowest BCUT2D eigenvalue weighted by Crippen LogP contribution is -2.09. The summed E-state index contributed by atoms with van der Waals surface area (Å²) in [7, 11) is 0. The maximum Gasteiger partial charge on any atom is 0.417 e. The first-order valence-corrected chi connectivity index (χ1v) is 4.02. The fraction of sp³-hybridized carbons (Fsp3) is 0.100. The van der Waals surface area contributed by atoms with Crippen LogP contribution in [0.5, 0.6) is 5.75 Å². The molecule has 1 rings (SSSR count). The average Bonchev–Trinajstić information content (AvgIpc) is 2.14. The van der Waals surface area contributed by atoms with Crippen LogP contribution in [-0.4, -0.2) is 11.0 Å². The molecule has 0 aromatic heterocycles. The fourth-order valence-electron chi connectivity index (χ4n) is 1.00. The van der Waals surface area contributed by atoms with Gasteiger partial charge in [-0.3, -0.25) is 4.79 Å². The van der Waals surface area contributed by atoms with Crippen molar-refractivity contribution in [2.75, 3.05) is 0 Å². The third kappa shape index (κ3) is 2.92. The highest BCUT2D eigenvalue weighted by Crippen LogP contribution is 2.33. The van der Waals surface area contributed by atoms with Gasteiger partial charge in [0.1, 0.15) is 5.75 Å². The molecule has 1 aromatic carbocycles. The summed E-state index contributed by atoms with van der Waals surface area (Å²) in [6.45, 7) is 0. The Kier molecular flexibility index (Phi) is 3.09. The summed E-state index contributed by atoms with van der Waals surface area (Å²) in [6.07, 6.45) is -4.65. The third-order valence-corrected chi connectivity index (χ3v) is 1.63. The van der Waals surface area contributed by atoms with Gasteiger partial charge in [0.05, 0.1) is 5.56 Å². The Balaban J connectivity index is 3.31. The van der Waals surface area contributed by atoms with Gasteiger partial charge in [-0.2, -0.15) is 13.2 Å². The molecule has 0 saturated heterocycles. The largest absolute Gasteiger partial charge is 0.508 e. The Bertz CT molecular complexity index is 483. The van der Waals surface area contributed by atoms with Crippen molar-refractivity contribution in [1.82, 2.24) is 0 Å². The smallest absolute Gasteiger partial charge is 0.417 e. The van der Waals surface area contributed by atoms with Gasteiger partial charge in [-0.15, -0.1) is 0 Å². The minimum Gasteiger partial charge on any atom is -0.508 e. The third-order valence-electron chi connectivity index (χ3n) is 1.63. The molecule has 84 valence electrons. The zero-order valence-corrected chi connectivity index (χ0v) is 7.80. The van der Waals surface area contributed by atoms with E-state index in [1.807, 2.05) is 5.92 Å². The van der Waals surface area contributed by atoms with Crippen LogP contribution < -0.4 is 5.73 Å². The maximum absolute atomic E-state index is 12.5. The highest BCUT2D eigenvalue weighted by atomic mass is 19.4. The highest BCUT2D eigenvalue weighted by Gasteiger charge is 2.33. The topological polar surface area (TPSA) is 63.3 Å². The second-order valence-electron chi connectivity index (χ2n) is 2.84. The predicted molar refractivity (Wildman–Crippen MR) is 49.2 cm³/mol. The molecule has 0 fully saturated rings. The summed E-state index contributed by atoms with van der Waals surface area (Å²) in [5, 5.41) is 8.94. The van der Waals surface area contributed by atoms with Gasteiger partial charge in [-0.05, 0) is 24.1 Å². The number of hydrogen-bond acceptors (Lipinski definition) is 2. The van der Waals surface area contributed by atoms with E-state index in [4.69, 9.17) is 5.11 Å². The van der Waals surface area contributed by atoms with Crippen LogP contribution in [0.1, 0.15) is 11.1 Å². The first-order chi connectivity index (χ1) is 7.30. The molecule has 0 bridgehead atoms. The molecule has 6 heteroatoms. The van der Waals surface area contributed by atoms with E-state index in [9.17, 15) is 18.0 Å². The SMILES string of the molecule is NC(=O)C#Cc1ccc(O)cc1C(F)(F)F. The summed E-state index contributed by atoms with van der Waals surface area (Å²) >= 11 is 0. The Hall–Kier alpha value is -2.16. The molecule has 3 nitrogen and oxygen atoms in total. The van der Waals surface area contributed by atoms with E-state index < -0.39 is 29.0 Å². The van der Waals surface area contributed by atoms with E-state index in [0.717, 1.165) is 12.1 Å². The van der Waals surface area contributed by atoms with E-state index >= 15 is 0 Å². The van der Waals surface area contributed by atoms with Crippen LogP contribution in [0.25, 0.3) is 0 Å². The van der Waals surface area contributed by atoms with Crippen molar-refractivity contribution >= 4 is 5.91 Å². The molecule has 0 saturated carbocycles. The number of halogens is 3. The summed E-state index contributed by atoms with van der Waals surface area (Å²) < 4.78 is 37.4. The Morgan fingerprint density at radius 1 is 1.38 bits per heavy atom. The summed E-state index contributed by atoms with van der Waals surface area (Å²) in [5.41, 5.74) is 3.16. The number of phenolic OH excluding ortho intramolecular Hbond substituents is 1. The van der Waals surface area contributed by atoms with Gasteiger partial charge < -0.3 is 10.8 Å². The number of benzene rings is 1. The number of hydrogen-bond donors (Lipinski definition) is 2. The van der Waals surface area contributed by atoms with Crippen LogP contribution in [0.2, 0.25) is 0 Å². The molecule has 0 aliphatic carbocycles. The van der Waals surface area contributed by atoms with Crippen LogP contribution in [0.3, 0.4) is 0 Å². The van der Waals surface area contributed by atoms with Crippen LogP contribution in [0.15, 0.2) is 18.2 Å². The fourth-order valence-corrected chi connectivity index (χ4v) is 1.00. The first-order valence-electron chi connectivity index (χ1n) is 4.02. The number of phenols is 1. The second-order valence-corrected chi connectivity index (χ2v) is 2.84. The predicted octanol–water partition coefficient (Wildman–Crippen LogP) is 1.25.